The summed E-state index contributed by atoms with van der Waals surface area (Å²) in [4.78, 5) is 9.81. The van der Waals surface area contributed by atoms with Gasteiger partial charge in [-0.05, 0) is 37.3 Å². The predicted octanol–water partition coefficient (Wildman–Crippen LogP) is 3.60. The van der Waals surface area contributed by atoms with E-state index in [0.717, 1.165) is 55.0 Å². The molecule has 8 heteroatoms. The summed E-state index contributed by atoms with van der Waals surface area (Å²) in [6.45, 7) is 9.77. The van der Waals surface area contributed by atoms with Crippen LogP contribution in [0.3, 0.4) is 0 Å². The highest BCUT2D eigenvalue weighted by molar-refractivity contribution is 5.73. The Labute approximate surface area is 177 Å². The lowest BCUT2D eigenvalue weighted by atomic mass is 9.75. The van der Waals surface area contributed by atoms with E-state index in [2.05, 4.69) is 32.2 Å². The fourth-order valence-electron chi connectivity index (χ4n) is 4.96. The fourth-order valence-corrected chi connectivity index (χ4v) is 4.96. The van der Waals surface area contributed by atoms with E-state index in [1.807, 2.05) is 35.8 Å². The first-order chi connectivity index (χ1) is 14.6. The zero-order chi connectivity index (χ0) is 20.6. The molecule has 1 aliphatic heterocycles. The van der Waals surface area contributed by atoms with Gasteiger partial charge in [0.2, 0.25) is 5.95 Å². The van der Waals surface area contributed by atoms with Gasteiger partial charge in [0.05, 0.1) is 0 Å². The summed E-state index contributed by atoms with van der Waals surface area (Å²) < 4.78 is 1.90. The first-order valence-electron chi connectivity index (χ1n) is 11.2. The average molecular weight is 409 g/mol. The van der Waals surface area contributed by atoms with E-state index < -0.39 is 0 Å². The van der Waals surface area contributed by atoms with Crippen LogP contribution in [-0.2, 0) is 0 Å². The molecule has 160 valence electrons. The predicted molar refractivity (Wildman–Crippen MR) is 119 cm³/mol. The van der Waals surface area contributed by atoms with Crippen molar-refractivity contribution in [1.82, 2.24) is 29.7 Å². The Morgan fingerprint density at radius 1 is 1.13 bits per heavy atom. The van der Waals surface area contributed by atoms with E-state index in [1.165, 1.54) is 38.6 Å². The molecular weight excluding hydrogens is 376 g/mol. The molecule has 2 aliphatic rings. The van der Waals surface area contributed by atoms with Crippen molar-refractivity contribution in [3.63, 3.8) is 0 Å². The molecule has 2 N–H and O–H groups in total. The number of hydrogen-bond donors (Lipinski definition) is 2. The number of rotatable bonds is 5. The molecule has 5 rings (SSSR count). The monoisotopic (exact) mass is 408 g/mol. The highest BCUT2D eigenvalue weighted by Crippen LogP contribution is 2.36. The van der Waals surface area contributed by atoms with Crippen molar-refractivity contribution >= 4 is 23.1 Å². The number of aromatic amines is 1. The van der Waals surface area contributed by atoms with E-state index in [4.69, 9.17) is 10.1 Å². The van der Waals surface area contributed by atoms with Crippen molar-refractivity contribution in [1.29, 1.82) is 0 Å². The maximum Gasteiger partial charge on any atom is 0.245 e. The van der Waals surface area contributed by atoms with E-state index in [9.17, 15) is 0 Å². The van der Waals surface area contributed by atoms with Gasteiger partial charge in [-0.25, -0.2) is 4.52 Å². The molecule has 0 atom stereocenters. The summed E-state index contributed by atoms with van der Waals surface area (Å²) in [7, 11) is 0. The highest BCUT2D eigenvalue weighted by Gasteiger charge is 2.31. The quantitative estimate of drug-likeness (QED) is 0.672. The van der Waals surface area contributed by atoms with Gasteiger partial charge >= 0.3 is 0 Å². The molecule has 3 aromatic rings. The second-order valence-corrected chi connectivity index (χ2v) is 9.29. The number of nitrogens with zero attached hydrogens (tertiary/aromatic N) is 6. The largest absolute Gasteiger partial charge is 0.337 e. The number of piperazine rings is 1. The minimum atomic E-state index is 0.500. The van der Waals surface area contributed by atoms with Crippen LogP contribution >= 0.6 is 0 Å². The van der Waals surface area contributed by atoms with E-state index in [1.54, 1.807) is 0 Å². The molecule has 0 radical (unpaired) electrons. The van der Waals surface area contributed by atoms with Crippen molar-refractivity contribution in [2.24, 2.45) is 5.41 Å². The van der Waals surface area contributed by atoms with Gasteiger partial charge in [0.1, 0.15) is 5.52 Å². The molecule has 0 bridgehead atoms. The normalized spacial score (nSPS) is 20.0. The molecule has 8 nitrogen and oxygen atoms in total. The maximum absolute atomic E-state index is 4.87. The Bertz CT molecular complexity index is 992. The lowest BCUT2D eigenvalue weighted by Gasteiger charge is -2.42. The van der Waals surface area contributed by atoms with Crippen LogP contribution in [-0.4, -0.2) is 62.4 Å². The first kappa shape index (κ1) is 19.4. The van der Waals surface area contributed by atoms with Gasteiger partial charge in [-0.1, -0.05) is 26.2 Å². The van der Waals surface area contributed by atoms with Gasteiger partial charge in [-0.2, -0.15) is 10.1 Å². The second-order valence-electron chi connectivity index (χ2n) is 9.29. The third-order valence-electron chi connectivity index (χ3n) is 6.65. The van der Waals surface area contributed by atoms with Crippen LogP contribution < -0.4 is 10.2 Å². The molecular formula is C22H32N8. The van der Waals surface area contributed by atoms with Gasteiger partial charge in [0, 0.05) is 50.7 Å². The zero-order valence-electron chi connectivity index (χ0n) is 18.1. The third kappa shape index (κ3) is 4.01. The Kier molecular flexibility index (Phi) is 5.10. The van der Waals surface area contributed by atoms with Crippen LogP contribution in [0.1, 0.15) is 44.7 Å². The fraction of sp³-hybridized carbons (Fsp3) is 0.591. The molecule has 4 heterocycles. The summed E-state index contributed by atoms with van der Waals surface area (Å²) >= 11 is 0. The minimum Gasteiger partial charge on any atom is -0.337 e. The van der Waals surface area contributed by atoms with Crippen LogP contribution in [0.2, 0.25) is 0 Å². The number of hydrogen-bond acceptors (Lipinski definition) is 6. The third-order valence-corrected chi connectivity index (χ3v) is 6.65. The number of aryl methyl sites for hydroxylation is 1. The van der Waals surface area contributed by atoms with Crippen LogP contribution in [0.25, 0.3) is 5.52 Å². The molecule has 3 aromatic heterocycles. The van der Waals surface area contributed by atoms with Crippen molar-refractivity contribution in [3.05, 3.63) is 30.1 Å². The standard InChI is InChI=1S/C22H32N8/c1-17-15-19(26-25-17)23-20-18-7-6-10-30(18)27-21(24-20)29-13-11-28(12-14-29)16-22(2)8-4-3-5-9-22/h6-7,10,15H,3-5,8-9,11-14,16H2,1-2H3,(H2,23,24,25,26,27). The van der Waals surface area contributed by atoms with Gasteiger partial charge in [0.15, 0.2) is 11.6 Å². The molecule has 1 aliphatic carbocycles. The van der Waals surface area contributed by atoms with Crippen molar-refractivity contribution in [2.75, 3.05) is 42.9 Å². The van der Waals surface area contributed by atoms with Gasteiger partial charge in [-0.15, -0.1) is 5.10 Å². The Morgan fingerprint density at radius 3 is 2.67 bits per heavy atom. The molecule has 1 saturated heterocycles. The Balaban J connectivity index is 1.29. The van der Waals surface area contributed by atoms with E-state index >= 15 is 0 Å². The van der Waals surface area contributed by atoms with Gasteiger partial charge < -0.3 is 10.2 Å². The van der Waals surface area contributed by atoms with Crippen molar-refractivity contribution < 1.29 is 0 Å². The summed E-state index contributed by atoms with van der Waals surface area (Å²) in [6.07, 6.45) is 8.93. The SMILES string of the molecule is Cc1cc(Nc2nc(N3CCN(CC4(C)CCCCC4)CC3)nn3cccc23)n[nH]1. The molecule has 0 spiro atoms. The van der Waals surface area contributed by atoms with Crippen LogP contribution in [0, 0.1) is 12.3 Å². The number of anilines is 3. The van der Waals surface area contributed by atoms with Crippen molar-refractivity contribution in [2.45, 2.75) is 46.0 Å². The maximum atomic E-state index is 4.87. The molecule has 0 aromatic carbocycles. The summed E-state index contributed by atoms with van der Waals surface area (Å²) in [5.74, 6) is 2.33. The minimum absolute atomic E-state index is 0.500. The molecule has 30 heavy (non-hydrogen) atoms. The lowest BCUT2D eigenvalue weighted by molar-refractivity contribution is 0.116. The number of aromatic nitrogens is 5. The van der Waals surface area contributed by atoms with E-state index in [0.29, 0.717) is 5.41 Å². The number of fused-ring (bicyclic) bond motifs is 1. The second kappa shape index (κ2) is 7.91. The summed E-state index contributed by atoms with van der Waals surface area (Å²) in [6, 6.07) is 6.00. The Hall–Kier alpha value is -2.61. The smallest absolute Gasteiger partial charge is 0.245 e. The van der Waals surface area contributed by atoms with Crippen LogP contribution in [0.15, 0.2) is 24.4 Å². The zero-order valence-corrected chi connectivity index (χ0v) is 18.1. The molecule has 0 unspecified atom stereocenters. The Morgan fingerprint density at radius 2 is 1.93 bits per heavy atom. The summed E-state index contributed by atoms with van der Waals surface area (Å²) in [5, 5.41) is 15.4. The van der Waals surface area contributed by atoms with Gasteiger partial charge in [0.25, 0.3) is 0 Å². The average Bonchev–Trinajstić information content (AvgIpc) is 3.37. The van der Waals surface area contributed by atoms with Crippen LogP contribution in [0.5, 0.6) is 0 Å². The molecule has 0 amide bonds. The molecule has 1 saturated carbocycles. The first-order valence-corrected chi connectivity index (χ1v) is 11.2. The van der Waals surface area contributed by atoms with Gasteiger partial charge in [-0.3, -0.25) is 10.00 Å². The molecule has 2 fully saturated rings. The van der Waals surface area contributed by atoms with Crippen molar-refractivity contribution in [3.8, 4) is 0 Å². The number of nitrogens with one attached hydrogen (secondary N) is 2. The lowest BCUT2D eigenvalue weighted by Crippen LogP contribution is -2.50. The topological polar surface area (TPSA) is 77.4 Å². The highest BCUT2D eigenvalue weighted by atomic mass is 15.4. The number of H-pyrrole nitrogens is 1. The van der Waals surface area contributed by atoms with Crippen LogP contribution in [0.4, 0.5) is 17.6 Å². The summed E-state index contributed by atoms with van der Waals surface area (Å²) in [5.41, 5.74) is 2.46. The van der Waals surface area contributed by atoms with E-state index in [-0.39, 0.29) is 0 Å².